The SMILES string of the molecule is CCCCCCCCN(CCCCCCCC)c1ccc(-c2cc3[nH]c(-c4ccc(C#N)cc4)nc3c3ccccc23)cc1. The van der Waals surface area contributed by atoms with Crippen LogP contribution in [0.5, 0.6) is 0 Å². The van der Waals surface area contributed by atoms with Gasteiger partial charge in [-0.1, -0.05) is 114 Å². The van der Waals surface area contributed by atoms with Crippen molar-refractivity contribution in [1.82, 2.24) is 9.97 Å². The van der Waals surface area contributed by atoms with Crippen LogP contribution in [0.2, 0.25) is 0 Å². The van der Waals surface area contributed by atoms with Crippen molar-refractivity contribution in [3.8, 4) is 28.6 Å². The van der Waals surface area contributed by atoms with Crippen LogP contribution >= 0.6 is 0 Å². The monoisotopic (exact) mass is 584 g/mol. The summed E-state index contributed by atoms with van der Waals surface area (Å²) in [5, 5.41) is 11.5. The number of unbranched alkanes of at least 4 members (excludes halogenated alkanes) is 10. The zero-order valence-corrected chi connectivity index (χ0v) is 26.7. The molecule has 4 nitrogen and oxygen atoms in total. The molecule has 1 aromatic heterocycles. The molecule has 0 amide bonds. The van der Waals surface area contributed by atoms with Crippen LogP contribution in [0.25, 0.3) is 44.3 Å². The lowest BCUT2D eigenvalue weighted by Crippen LogP contribution is -2.25. The molecule has 0 spiro atoms. The van der Waals surface area contributed by atoms with Gasteiger partial charge in [0.05, 0.1) is 22.7 Å². The molecule has 1 N–H and O–H groups in total. The van der Waals surface area contributed by atoms with E-state index in [9.17, 15) is 5.26 Å². The maximum atomic E-state index is 9.19. The molecule has 5 rings (SSSR count). The number of nitrogens with zero attached hydrogens (tertiary/aromatic N) is 3. The maximum absolute atomic E-state index is 9.19. The molecule has 0 aliphatic carbocycles. The molecule has 0 atom stereocenters. The van der Waals surface area contributed by atoms with Crippen molar-refractivity contribution in [3.05, 3.63) is 84.4 Å². The van der Waals surface area contributed by atoms with Crippen LogP contribution < -0.4 is 4.90 Å². The highest BCUT2D eigenvalue weighted by Crippen LogP contribution is 2.36. The Kier molecular flexibility index (Phi) is 11.5. The number of aromatic amines is 1. The van der Waals surface area contributed by atoms with Gasteiger partial charge in [-0.15, -0.1) is 0 Å². The fraction of sp³-hybridized carbons (Fsp3) is 0.400. The Hall–Kier alpha value is -4.10. The van der Waals surface area contributed by atoms with E-state index in [4.69, 9.17) is 4.98 Å². The van der Waals surface area contributed by atoms with Crippen LogP contribution in [0, 0.1) is 11.3 Å². The van der Waals surface area contributed by atoms with Crippen LogP contribution in [-0.2, 0) is 0 Å². The third-order valence-electron chi connectivity index (χ3n) is 8.89. The average molecular weight is 585 g/mol. The summed E-state index contributed by atoms with van der Waals surface area (Å²) in [5.74, 6) is 0.821. The van der Waals surface area contributed by atoms with Crippen molar-refractivity contribution in [2.24, 2.45) is 0 Å². The molecule has 0 fully saturated rings. The number of H-pyrrole nitrogens is 1. The lowest BCUT2D eigenvalue weighted by molar-refractivity contribution is 0.575. The van der Waals surface area contributed by atoms with Crippen LogP contribution in [0.1, 0.15) is 96.5 Å². The van der Waals surface area contributed by atoms with Crippen molar-refractivity contribution < 1.29 is 0 Å². The van der Waals surface area contributed by atoms with Gasteiger partial charge < -0.3 is 9.88 Å². The molecule has 0 saturated heterocycles. The number of hydrogen-bond acceptors (Lipinski definition) is 3. The minimum absolute atomic E-state index is 0.651. The Bertz CT molecular complexity index is 1620. The van der Waals surface area contributed by atoms with Crippen LogP contribution in [0.3, 0.4) is 0 Å². The number of fused-ring (bicyclic) bond motifs is 3. The van der Waals surface area contributed by atoms with E-state index in [1.165, 1.54) is 99.3 Å². The number of nitrogens with one attached hydrogen (secondary N) is 1. The molecule has 0 aliphatic heterocycles. The van der Waals surface area contributed by atoms with Crippen LogP contribution in [-0.4, -0.2) is 23.1 Å². The van der Waals surface area contributed by atoms with Gasteiger partial charge in [0, 0.05) is 29.7 Å². The van der Waals surface area contributed by atoms with Gasteiger partial charge in [0.1, 0.15) is 5.82 Å². The van der Waals surface area contributed by atoms with Crippen LogP contribution in [0.4, 0.5) is 5.69 Å². The van der Waals surface area contributed by atoms with Gasteiger partial charge in [0.2, 0.25) is 0 Å². The summed E-state index contributed by atoms with van der Waals surface area (Å²) < 4.78 is 0. The minimum Gasteiger partial charge on any atom is -0.372 e. The van der Waals surface area contributed by atoms with Gasteiger partial charge in [-0.3, -0.25) is 0 Å². The lowest BCUT2D eigenvalue weighted by Gasteiger charge is -2.25. The first kappa shape index (κ1) is 31.3. The smallest absolute Gasteiger partial charge is 0.138 e. The summed E-state index contributed by atoms with van der Waals surface area (Å²) >= 11 is 0. The maximum Gasteiger partial charge on any atom is 0.138 e. The van der Waals surface area contributed by atoms with Gasteiger partial charge in [-0.2, -0.15) is 5.26 Å². The molecule has 0 aliphatic rings. The number of imidazole rings is 1. The van der Waals surface area contributed by atoms with Crippen molar-refractivity contribution >= 4 is 27.5 Å². The first-order chi connectivity index (χ1) is 21.7. The summed E-state index contributed by atoms with van der Waals surface area (Å²) in [5.41, 5.74) is 7.41. The van der Waals surface area contributed by atoms with Gasteiger partial charge in [-0.25, -0.2) is 4.98 Å². The number of hydrogen-bond donors (Lipinski definition) is 1. The van der Waals surface area contributed by atoms with Gasteiger partial charge in [0.25, 0.3) is 0 Å². The van der Waals surface area contributed by atoms with Gasteiger partial charge >= 0.3 is 0 Å². The standard InChI is InChI=1S/C40H48N4/c1-3-5-7-9-11-15-27-44(28-16-12-10-8-6-4-2)34-25-23-32(24-26-34)37-29-38-39(36-18-14-13-17-35(36)37)43-40(42-38)33-21-19-31(30-41)20-22-33/h13-14,17-26,29H,3-12,15-16,27-28H2,1-2H3,(H,42,43). The molecule has 4 aromatic carbocycles. The Labute approximate surface area is 264 Å². The first-order valence-corrected chi connectivity index (χ1v) is 17.0. The summed E-state index contributed by atoms with van der Waals surface area (Å²) in [6.45, 7) is 6.86. The first-order valence-electron chi connectivity index (χ1n) is 17.0. The van der Waals surface area contributed by atoms with Gasteiger partial charge in [-0.05, 0) is 71.8 Å². The zero-order chi connectivity index (χ0) is 30.6. The summed E-state index contributed by atoms with van der Waals surface area (Å²) in [6.07, 6.45) is 16.0. The van der Waals surface area contributed by atoms with E-state index in [1.807, 2.05) is 24.3 Å². The van der Waals surface area contributed by atoms with Crippen LogP contribution in [0.15, 0.2) is 78.9 Å². The van der Waals surface area contributed by atoms with Crippen molar-refractivity contribution in [2.75, 3.05) is 18.0 Å². The van der Waals surface area contributed by atoms with E-state index in [1.54, 1.807) is 0 Å². The number of nitriles is 1. The average Bonchev–Trinajstić information content (AvgIpc) is 3.51. The third kappa shape index (κ3) is 7.88. The fourth-order valence-corrected chi connectivity index (χ4v) is 6.31. The van der Waals surface area contributed by atoms with Crippen molar-refractivity contribution in [2.45, 2.75) is 90.9 Å². The topological polar surface area (TPSA) is 55.7 Å². The Morgan fingerprint density at radius 1 is 0.659 bits per heavy atom. The summed E-state index contributed by atoms with van der Waals surface area (Å²) in [7, 11) is 0. The zero-order valence-electron chi connectivity index (χ0n) is 26.7. The van der Waals surface area contributed by atoms with E-state index >= 15 is 0 Å². The minimum atomic E-state index is 0.651. The number of rotatable bonds is 17. The van der Waals surface area contributed by atoms with Gasteiger partial charge in [0.15, 0.2) is 0 Å². The normalized spacial score (nSPS) is 11.3. The van der Waals surface area contributed by atoms with Crippen molar-refractivity contribution in [3.63, 3.8) is 0 Å². The molecular formula is C40H48N4. The molecule has 44 heavy (non-hydrogen) atoms. The lowest BCUT2D eigenvalue weighted by atomic mass is 9.97. The molecule has 4 heteroatoms. The quantitative estimate of drug-likeness (QED) is 0.111. The Morgan fingerprint density at radius 3 is 1.84 bits per heavy atom. The summed E-state index contributed by atoms with van der Waals surface area (Å²) in [6, 6.07) is 29.9. The number of benzene rings is 4. The molecule has 0 unspecified atom stereocenters. The molecule has 0 radical (unpaired) electrons. The molecule has 0 saturated carbocycles. The van der Waals surface area contributed by atoms with E-state index in [-0.39, 0.29) is 0 Å². The third-order valence-corrected chi connectivity index (χ3v) is 8.89. The Morgan fingerprint density at radius 2 is 1.23 bits per heavy atom. The molecule has 228 valence electrons. The van der Waals surface area contributed by atoms with E-state index < -0.39 is 0 Å². The largest absolute Gasteiger partial charge is 0.372 e. The van der Waals surface area contributed by atoms with Crippen molar-refractivity contribution in [1.29, 1.82) is 5.26 Å². The predicted octanol–water partition coefficient (Wildman–Crippen LogP) is 11.4. The second-order valence-electron chi connectivity index (χ2n) is 12.2. The highest BCUT2D eigenvalue weighted by Gasteiger charge is 2.14. The second kappa shape index (κ2) is 16.1. The Balaban J connectivity index is 1.38. The summed E-state index contributed by atoms with van der Waals surface area (Å²) in [4.78, 5) is 11.2. The highest BCUT2D eigenvalue weighted by molar-refractivity contribution is 6.12. The number of anilines is 1. The van der Waals surface area contributed by atoms with E-state index in [2.05, 4.69) is 84.4 Å². The van der Waals surface area contributed by atoms with E-state index in [0.29, 0.717) is 5.56 Å². The second-order valence-corrected chi connectivity index (χ2v) is 12.2. The highest BCUT2D eigenvalue weighted by atomic mass is 15.1. The molecule has 0 bridgehead atoms. The van der Waals surface area contributed by atoms with E-state index in [0.717, 1.165) is 40.9 Å². The fourth-order valence-electron chi connectivity index (χ4n) is 6.31. The molecule has 1 heterocycles. The number of aromatic nitrogens is 2. The molecule has 5 aromatic rings. The predicted molar refractivity (Wildman–Crippen MR) is 188 cm³/mol. The molecular weight excluding hydrogens is 536 g/mol.